The Morgan fingerprint density at radius 3 is 2.52 bits per heavy atom. The van der Waals surface area contributed by atoms with Gasteiger partial charge in [0.15, 0.2) is 0 Å². The molecule has 110 valence electrons. The topological polar surface area (TPSA) is 15.3 Å². The van der Waals surface area contributed by atoms with Crippen LogP contribution < -0.4 is 5.32 Å². The van der Waals surface area contributed by atoms with Crippen molar-refractivity contribution in [3.05, 3.63) is 70.7 Å². The number of nitrogens with zero attached hydrogens (tertiary/aromatic N) is 1. The number of benzene rings is 2. The third-order valence-corrected chi connectivity index (χ3v) is 4.56. The van der Waals surface area contributed by atoms with Gasteiger partial charge in [-0.15, -0.1) is 0 Å². The maximum absolute atomic E-state index is 5.98. The molecule has 2 atom stereocenters. The Kier molecular flexibility index (Phi) is 4.59. The second kappa shape index (κ2) is 6.61. The molecule has 1 N–H and O–H groups in total. The summed E-state index contributed by atoms with van der Waals surface area (Å²) in [4.78, 5) is 2.54. The number of hydrogen-bond acceptors (Lipinski definition) is 2. The largest absolute Gasteiger partial charge is 0.308 e. The average Bonchev–Trinajstić information content (AvgIpc) is 2.56. The summed E-state index contributed by atoms with van der Waals surface area (Å²) in [5.74, 6) is 0. The first-order valence-electron chi connectivity index (χ1n) is 7.52. The van der Waals surface area contributed by atoms with Crippen molar-refractivity contribution < 1.29 is 0 Å². The Balaban J connectivity index is 1.72. The fraction of sp³-hybridized carbons (Fsp3) is 0.333. The molecule has 0 radical (unpaired) electrons. The zero-order valence-electron chi connectivity index (χ0n) is 12.3. The van der Waals surface area contributed by atoms with Crippen LogP contribution in [0, 0.1) is 0 Å². The zero-order valence-corrected chi connectivity index (χ0v) is 13.1. The van der Waals surface area contributed by atoms with Crippen molar-refractivity contribution >= 4 is 11.6 Å². The standard InChI is InChI=1S/C18H21ClN2/c1-14(15-7-9-17(19)10-8-15)21-12-11-20-18(13-21)16-5-3-2-4-6-16/h2-10,14,18,20H,11-13H2,1H3. The van der Waals surface area contributed by atoms with E-state index >= 15 is 0 Å². The summed E-state index contributed by atoms with van der Waals surface area (Å²) in [7, 11) is 0. The van der Waals surface area contributed by atoms with Crippen LogP contribution in [0.5, 0.6) is 0 Å². The van der Waals surface area contributed by atoms with Crippen LogP contribution >= 0.6 is 11.6 Å². The van der Waals surface area contributed by atoms with E-state index in [1.165, 1.54) is 11.1 Å². The lowest BCUT2D eigenvalue weighted by Gasteiger charge is -2.38. The average molecular weight is 301 g/mol. The van der Waals surface area contributed by atoms with Crippen LogP contribution in [0.1, 0.15) is 30.1 Å². The molecule has 2 nitrogen and oxygen atoms in total. The molecule has 21 heavy (non-hydrogen) atoms. The molecule has 1 fully saturated rings. The predicted octanol–water partition coefficient (Wildman–Crippen LogP) is 4.05. The van der Waals surface area contributed by atoms with E-state index in [2.05, 4.69) is 59.6 Å². The minimum atomic E-state index is 0.412. The first kappa shape index (κ1) is 14.6. The van der Waals surface area contributed by atoms with Gasteiger partial charge in [-0.3, -0.25) is 4.90 Å². The highest BCUT2D eigenvalue weighted by Gasteiger charge is 2.24. The van der Waals surface area contributed by atoms with Crippen LogP contribution in [0.2, 0.25) is 5.02 Å². The van der Waals surface area contributed by atoms with Crippen LogP contribution in [0.15, 0.2) is 54.6 Å². The fourth-order valence-corrected chi connectivity index (χ4v) is 3.11. The number of rotatable bonds is 3. The van der Waals surface area contributed by atoms with Crippen molar-refractivity contribution in [2.24, 2.45) is 0 Å². The maximum Gasteiger partial charge on any atom is 0.0449 e. The number of hydrogen-bond donors (Lipinski definition) is 1. The van der Waals surface area contributed by atoms with Crippen molar-refractivity contribution in [2.45, 2.75) is 19.0 Å². The number of halogens is 1. The van der Waals surface area contributed by atoms with E-state index in [1.54, 1.807) is 0 Å². The van der Waals surface area contributed by atoms with Crippen LogP contribution in [0.3, 0.4) is 0 Å². The minimum absolute atomic E-state index is 0.412. The summed E-state index contributed by atoms with van der Waals surface area (Å²) in [5.41, 5.74) is 2.69. The summed E-state index contributed by atoms with van der Waals surface area (Å²) >= 11 is 5.98. The normalized spacial score (nSPS) is 21.1. The molecule has 1 aliphatic rings. The van der Waals surface area contributed by atoms with Crippen LogP contribution in [0.4, 0.5) is 0 Å². The van der Waals surface area contributed by atoms with Gasteiger partial charge < -0.3 is 5.32 Å². The molecule has 1 aliphatic heterocycles. The van der Waals surface area contributed by atoms with E-state index in [9.17, 15) is 0 Å². The summed E-state index contributed by atoms with van der Waals surface area (Å²) < 4.78 is 0. The lowest BCUT2D eigenvalue weighted by atomic mass is 10.0. The van der Waals surface area contributed by atoms with Crippen LogP contribution in [-0.2, 0) is 0 Å². The molecular formula is C18H21ClN2. The summed E-state index contributed by atoms with van der Waals surface area (Å²) in [5, 5.41) is 4.42. The predicted molar refractivity (Wildman–Crippen MR) is 88.6 cm³/mol. The molecule has 0 bridgehead atoms. The van der Waals surface area contributed by atoms with Gasteiger partial charge >= 0.3 is 0 Å². The van der Waals surface area contributed by atoms with E-state index < -0.39 is 0 Å². The SMILES string of the molecule is CC(c1ccc(Cl)cc1)N1CCNC(c2ccccc2)C1. The van der Waals surface area contributed by atoms with Gasteiger partial charge in [-0.25, -0.2) is 0 Å². The Morgan fingerprint density at radius 1 is 1.10 bits per heavy atom. The van der Waals surface area contributed by atoms with E-state index in [4.69, 9.17) is 11.6 Å². The molecule has 1 saturated heterocycles. The summed E-state index contributed by atoms with van der Waals surface area (Å²) in [6, 6.07) is 19.7. The van der Waals surface area contributed by atoms with Crippen molar-refractivity contribution in [1.82, 2.24) is 10.2 Å². The van der Waals surface area contributed by atoms with E-state index in [1.807, 2.05) is 12.1 Å². The molecule has 2 unspecified atom stereocenters. The van der Waals surface area contributed by atoms with Crippen molar-refractivity contribution in [2.75, 3.05) is 19.6 Å². The Bertz CT molecular complexity index is 568. The van der Waals surface area contributed by atoms with Crippen molar-refractivity contribution in [1.29, 1.82) is 0 Å². The Hall–Kier alpha value is -1.35. The lowest BCUT2D eigenvalue weighted by Crippen LogP contribution is -2.46. The van der Waals surface area contributed by atoms with E-state index in [0.29, 0.717) is 12.1 Å². The van der Waals surface area contributed by atoms with Crippen LogP contribution in [0.25, 0.3) is 0 Å². The molecule has 2 aromatic rings. The van der Waals surface area contributed by atoms with Crippen molar-refractivity contribution in [3.63, 3.8) is 0 Å². The number of piperazine rings is 1. The van der Waals surface area contributed by atoms with Gasteiger partial charge in [0, 0.05) is 36.7 Å². The third kappa shape index (κ3) is 3.46. The molecule has 3 heteroatoms. The van der Waals surface area contributed by atoms with E-state index in [-0.39, 0.29) is 0 Å². The van der Waals surface area contributed by atoms with Gasteiger partial charge in [0.05, 0.1) is 0 Å². The smallest absolute Gasteiger partial charge is 0.0449 e. The van der Waals surface area contributed by atoms with Crippen molar-refractivity contribution in [3.8, 4) is 0 Å². The summed E-state index contributed by atoms with van der Waals surface area (Å²) in [6.07, 6.45) is 0. The maximum atomic E-state index is 5.98. The van der Waals surface area contributed by atoms with Gasteiger partial charge in [0.1, 0.15) is 0 Å². The van der Waals surface area contributed by atoms with Gasteiger partial charge in [0.2, 0.25) is 0 Å². The highest BCUT2D eigenvalue weighted by Crippen LogP contribution is 2.26. The Morgan fingerprint density at radius 2 is 1.81 bits per heavy atom. The van der Waals surface area contributed by atoms with Gasteiger partial charge in [-0.1, -0.05) is 54.1 Å². The van der Waals surface area contributed by atoms with Gasteiger partial charge in [-0.05, 0) is 30.2 Å². The monoisotopic (exact) mass is 300 g/mol. The second-order valence-electron chi connectivity index (χ2n) is 5.64. The fourth-order valence-electron chi connectivity index (χ4n) is 2.99. The van der Waals surface area contributed by atoms with Gasteiger partial charge in [-0.2, -0.15) is 0 Å². The molecule has 0 saturated carbocycles. The van der Waals surface area contributed by atoms with Crippen LogP contribution in [-0.4, -0.2) is 24.5 Å². The highest BCUT2D eigenvalue weighted by molar-refractivity contribution is 6.30. The molecule has 3 rings (SSSR count). The quantitative estimate of drug-likeness (QED) is 0.920. The second-order valence-corrected chi connectivity index (χ2v) is 6.08. The Labute approximate surface area is 131 Å². The first-order chi connectivity index (χ1) is 10.2. The first-order valence-corrected chi connectivity index (χ1v) is 7.89. The molecule has 2 aromatic carbocycles. The van der Waals surface area contributed by atoms with Gasteiger partial charge in [0.25, 0.3) is 0 Å². The minimum Gasteiger partial charge on any atom is -0.308 e. The molecule has 0 aliphatic carbocycles. The van der Waals surface area contributed by atoms with E-state index in [0.717, 1.165) is 24.7 Å². The number of nitrogens with one attached hydrogen (secondary N) is 1. The molecule has 0 amide bonds. The highest BCUT2D eigenvalue weighted by atomic mass is 35.5. The molecular weight excluding hydrogens is 280 g/mol. The molecule has 0 spiro atoms. The molecule has 0 aromatic heterocycles. The zero-order chi connectivity index (χ0) is 14.7. The summed E-state index contributed by atoms with van der Waals surface area (Å²) in [6.45, 7) is 5.41. The molecule has 1 heterocycles. The lowest BCUT2D eigenvalue weighted by molar-refractivity contribution is 0.153. The third-order valence-electron chi connectivity index (χ3n) is 4.31.